The van der Waals surface area contributed by atoms with Gasteiger partial charge in [0.05, 0.1) is 0 Å². The van der Waals surface area contributed by atoms with E-state index >= 15 is 0 Å². The lowest BCUT2D eigenvalue weighted by molar-refractivity contribution is -0.137. The standard InChI is InChI=1S/C7H13ClO2/c1-2-3-6(8)4-5-7(9)10/h6H,2-5H2,1H3,(H,9,10)/t6-/m0/s1. The number of hydrogen-bond donors (Lipinski definition) is 1. The molecule has 0 amide bonds. The molecule has 0 saturated carbocycles. The number of halogens is 1. The molecule has 1 N–H and O–H groups in total. The van der Waals surface area contributed by atoms with E-state index in [9.17, 15) is 4.79 Å². The predicted molar refractivity (Wildman–Crippen MR) is 41.4 cm³/mol. The first kappa shape index (κ1) is 9.76. The quantitative estimate of drug-likeness (QED) is 0.633. The molecule has 0 aromatic carbocycles. The summed E-state index contributed by atoms with van der Waals surface area (Å²) in [5, 5.41) is 8.31. The summed E-state index contributed by atoms with van der Waals surface area (Å²) >= 11 is 5.76. The Morgan fingerprint density at radius 3 is 2.60 bits per heavy atom. The average molecular weight is 165 g/mol. The normalized spacial score (nSPS) is 13.0. The zero-order valence-corrected chi connectivity index (χ0v) is 6.90. The summed E-state index contributed by atoms with van der Waals surface area (Å²) in [4.78, 5) is 10.0. The summed E-state index contributed by atoms with van der Waals surface area (Å²) in [7, 11) is 0. The summed E-state index contributed by atoms with van der Waals surface area (Å²) in [5.74, 6) is -0.762. The number of carboxylic acids is 1. The first-order valence-corrected chi connectivity index (χ1v) is 3.96. The van der Waals surface area contributed by atoms with Crippen LogP contribution in [0.4, 0.5) is 0 Å². The highest BCUT2D eigenvalue weighted by Crippen LogP contribution is 2.11. The van der Waals surface area contributed by atoms with Crippen LogP contribution in [0.15, 0.2) is 0 Å². The van der Waals surface area contributed by atoms with Crippen molar-refractivity contribution in [3.63, 3.8) is 0 Å². The van der Waals surface area contributed by atoms with Crippen LogP contribution in [-0.2, 0) is 4.79 Å². The molecule has 0 aromatic rings. The van der Waals surface area contributed by atoms with Gasteiger partial charge < -0.3 is 5.11 Å². The summed E-state index contributed by atoms with van der Waals surface area (Å²) in [5.41, 5.74) is 0. The fourth-order valence-electron chi connectivity index (χ4n) is 0.738. The molecule has 1 atom stereocenters. The highest BCUT2D eigenvalue weighted by atomic mass is 35.5. The predicted octanol–water partition coefficient (Wildman–Crippen LogP) is 2.26. The molecule has 3 heteroatoms. The number of rotatable bonds is 5. The first-order chi connectivity index (χ1) is 4.66. The van der Waals surface area contributed by atoms with Crippen LogP contribution >= 0.6 is 11.6 Å². The molecule has 0 aromatic heterocycles. The lowest BCUT2D eigenvalue weighted by atomic mass is 10.1. The fraction of sp³-hybridized carbons (Fsp3) is 0.857. The third-order valence-electron chi connectivity index (χ3n) is 1.27. The van der Waals surface area contributed by atoms with Crippen molar-refractivity contribution in [2.75, 3.05) is 0 Å². The van der Waals surface area contributed by atoms with Gasteiger partial charge in [0, 0.05) is 11.8 Å². The zero-order chi connectivity index (χ0) is 7.98. The van der Waals surface area contributed by atoms with Crippen LogP contribution < -0.4 is 0 Å². The maximum atomic E-state index is 10.0. The number of carboxylic acid groups (broad SMARTS) is 1. The third kappa shape index (κ3) is 5.89. The van der Waals surface area contributed by atoms with Crippen molar-refractivity contribution in [1.82, 2.24) is 0 Å². The van der Waals surface area contributed by atoms with E-state index in [-0.39, 0.29) is 11.8 Å². The van der Waals surface area contributed by atoms with Crippen molar-refractivity contribution < 1.29 is 9.90 Å². The van der Waals surface area contributed by atoms with Crippen LogP contribution in [0.25, 0.3) is 0 Å². The molecular formula is C7H13ClO2. The van der Waals surface area contributed by atoms with Gasteiger partial charge in [0.15, 0.2) is 0 Å². The van der Waals surface area contributed by atoms with E-state index in [4.69, 9.17) is 16.7 Å². The molecule has 2 nitrogen and oxygen atoms in total. The van der Waals surface area contributed by atoms with Crippen molar-refractivity contribution in [2.45, 2.75) is 38.0 Å². The lowest BCUT2D eigenvalue weighted by Gasteiger charge is -2.03. The molecule has 0 aliphatic heterocycles. The van der Waals surface area contributed by atoms with Crippen molar-refractivity contribution in [3.05, 3.63) is 0 Å². The highest BCUT2D eigenvalue weighted by molar-refractivity contribution is 6.20. The zero-order valence-electron chi connectivity index (χ0n) is 6.14. The molecule has 0 spiro atoms. The van der Waals surface area contributed by atoms with Crippen molar-refractivity contribution in [2.24, 2.45) is 0 Å². The van der Waals surface area contributed by atoms with Crippen molar-refractivity contribution >= 4 is 17.6 Å². The second kappa shape index (κ2) is 5.54. The van der Waals surface area contributed by atoms with Crippen LogP contribution in [0.1, 0.15) is 32.6 Å². The lowest BCUT2D eigenvalue weighted by Crippen LogP contribution is -2.02. The Balaban J connectivity index is 3.21. The van der Waals surface area contributed by atoms with Gasteiger partial charge in [-0.05, 0) is 12.8 Å². The summed E-state index contributed by atoms with van der Waals surface area (Å²) < 4.78 is 0. The second-order valence-corrected chi connectivity index (χ2v) is 2.94. The molecule has 0 fully saturated rings. The molecule has 60 valence electrons. The molecule has 0 saturated heterocycles. The maximum absolute atomic E-state index is 10.0. The number of carbonyl (C=O) groups is 1. The van der Waals surface area contributed by atoms with E-state index in [0.29, 0.717) is 6.42 Å². The van der Waals surface area contributed by atoms with Crippen molar-refractivity contribution in [1.29, 1.82) is 0 Å². The van der Waals surface area contributed by atoms with Gasteiger partial charge in [0.2, 0.25) is 0 Å². The molecule has 0 unspecified atom stereocenters. The van der Waals surface area contributed by atoms with E-state index in [0.717, 1.165) is 12.8 Å². The van der Waals surface area contributed by atoms with Crippen molar-refractivity contribution in [3.8, 4) is 0 Å². The summed E-state index contributed by atoms with van der Waals surface area (Å²) in [6.07, 6.45) is 2.71. The molecule has 10 heavy (non-hydrogen) atoms. The third-order valence-corrected chi connectivity index (χ3v) is 1.71. The molecule has 0 aliphatic rings. The van der Waals surface area contributed by atoms with Crippen LogP contribution in [0, 0.1) is 0 Å². The smallest absolute Gasteiger partial charge is 0.303 e. The number of aliphatic carboxylic acids is 1. The number of alkyl halides is 1. The van der Waals surface area contributed by atoms with Gasteiger partial charge in [-0.25, -0.2) is 0 Å². The molecule has 0 bridgehead atoms. The van der Waals surface area contributed by atoms with E-state index in [1.165, 1.54) is 0 Å². The van der Waals surface area contributed by atoms with Crippen LogP contribution in [0.2, 0.25) is 0 Å². The average Bonchev–Trinajstić information content (AvgIpc) is 1.85. The molecular weight excluding hydrogens is 152 g/mol. The fourth-order valence-corrected chi connectivity index (χ4v) is 1.06. The van der Waals surface area contributed by atoms with Gasteiger partial charge >= 0.3 is 5.97 Å². The van der Waals surface area contributed by atoms with Gasteiger partial charge in [-0.15, -0.1) is 11.6 Å². The van der Waals surface area contributed by atoms with Crippen LogP contribution in [-0.4, -0.2) is 16.5 Å². The molecule has 0 heterocycles. The van der Waals surface area contributed by atoms with Gasteiger partial charge in [0.1, 0.15) is 0 Å². The molecule has 0 rings (SSSR count). The molecule has 0 aliphatic carbocycles. The monoisotopic (exact) mass is 164 g/mol. The van der Waals surface area contributed by atoms with Gasteiger partial charge in [-0.3, -0.25) is 4.79 Å². The van der Waals surface area contributed by atoms with Crippen LogP contribution in [0.3, 0.4) is 0 Å². The summed E-state index contributed by atoms with van der Waals surface area (Å²) in [6.45, 7) is 2.04. The Labute approximate surface area is 66.2 Å². The highest BCUT2D eigenvalue weighted by Gasteiger charge is 2.05. The maximum Gasteiger partial charge on any atom is 0.303 e. The van der Waals surface area contributed by atoms with Gasteiger partial charge in [0.25, 0.3) is 0 Å². The van der Waals surface area contributed by atoms with Gasteiger partial charge in [-0.2, -0.15) is 0 Å². The van der Waals surface area contributed by atoms with Crippen LogP contribution in [0.5, 0.6) is 0 Å². The first-order valence-electron chi connectivity index (χ1n) is 3.52. The van der Waals surface area contributed by atoms with Gasteiger partial charge in [-0.1, -0.05) is 13.3 Å². The minimum absolute atomic E-state index is 0.0427. The minimum Gasteiger partial charge on any atom is -0.481 e. The van der Waals surface area contributed by atoms with E-state index in [1.807, 2.05) is 6.92 Å². The second-order valence-electron chi connectivity index (χ2n) is 2.32. The Morgan fingerprint density at radius 1 is 1.60 bits per heavy atom. The Bertz CT molecular complexity index is 104. The minimum atomic E-state index is -0.762. The largest absolute Gasteiger partial charge is 0.481 e. The molecule has 0 radical (unpaired) electrons. The topological polar surface area (TPSA) is 37.3 Å². The SMILES string of the molecule is CCC[C@H](Cl)CCC(=O)O. The Hall–Kier alpha value is -0.240. The summed E-state index contributed by atoms with van der Waals surface area (Å²) in [6, 6.07) is 0. The Kier molecular flexibility index (Phi) is 5.40. The van der Waals surface area contributed by atoms with E-state index < -0.39 is 5.97 Å². The Morgan fingerprint density at radius 2 is 2.20 bits per heavy atom. The van der Waals surface area contributed by atoms with E-state index in [2.05, 4.69) is 0 Å². The number of hydrogen-bond acceptors (Lipinski definition) is 1. The van der Waals surface area contributed by atoms with E-state index in [1.54, 1.807) is 0 Å².